The van der Waals surface area contributed by atoms with Crippen LogP contribution in [0.25, 0.3) is 0 Å². The van der Waals surface area contributed by atoms with Crippen LogP contribution in [0, 0.1) is 0 Å². The molecule has 0 radical (unpaired) electrons. The summed E-state index contributed by atoms with van der Waals surface area (Å²) in [4.78, 5) is 19.0. The van der Waals surface area contributed by atoms with Crippen LogP contribution in [-0.2, 0) is 10.0 Å². The molecule has 29 heavy (non-hydrogen) atoms. The van der Waals surface area contributed by atoms with Crippen molar-refractivity contribution >= 4 is 15.9 Å². The fraction of sp³-hybridized carbons (Fsp3) is 0.455. The van der Waals surface area contributed by atoms with E-state index in [1.54, 1.807) is 11.1 Å². The molecule has 0 N–H and O–H groups in total. The maximum Gasteiger partial charge on any atom is 0.255 e. The largest absolute Gasteiger partial charge is 0.341 e. The van der Waals surface area contributed by atoms with Gasteiger partial charge in [0.05, 0.1) is 11.8 Å². The Bertz CT molecular complexity index is 922. The smallest absolute Gasteiger partial charge is 0.255 e. The molecule has 156 valence electrons. The van der Waals surface area contributed by atoms with Gasteiger partial charge in [0.15, 0.2) is 0 Å². The third-order valence-corrected chi connectivity index (χ3v) is 6.94. The highest BCUT2D eigenvalue weighted by Gasteiger charge is 2.26. The quantitative estimate of drug-likeness (QED) is 0.727. The van der Waals surface area contributed by atoms with E-state index in [4.69, 9.17) is 0 Å². The number of aromatic nitrogens is 1. The highest BCUT2D eigenvalue weighted by Crippen LogP contribution is 2.27. The monoisotopic (exact) mass is 415 g/mol. The van der Waals surface area contributed by atoms with Crippen molar-refractivity contribution in [2.75, 3.05) is 32.9 Å². The Balaban J connectivity index is 1.59. The molecule has 2 heterocycles. The number of carbonyl (C=O) groups is 1. The lowest BCUT2D eigenvalue weighted by Crippen LogP contribution is -2.37. The minimum absolute atomic E-state index is 0.0428. The summed E-state index contributed by atoms with van der Waals surface area (Å²) < 4.78 is 24.8. The van der Waals surface area contributed by atoms with E-state index >= 15 is 0 Å². The normalized spacial score (nSPS) is 17.1. The van der Waals surface area contributed by atoms with Crippen LogP contribution in [0.5, 0.6) is 0 Å². The molecule has 0 unspecified atom stereocenters. The highest BCUT2D eigenvalue weighted by molar-refractivity contribution is 7.88. The van der Waals surface area contributed by atoms with Gasteiger partial charge in [0.2, 0.25) is 10.0 Å². The molecule has 0 spiro atoms. The highest BCUT2D eigenvalue weighted by atomic mass is 32.2. The summed E-state index contributed by atoms with van der Waals surface area (Å²) in [6.07, 6.45) is 4.40. The van der Waals surface area contributed by atoms with Crippen LogP contribution in [0.15, 0.2) is 48.7 Å². The number of piperidine rings is 1. The number of hydrogen-bond acceptors (Lipinski definition) is 4. The van der Waals surface area contributed by atoms with Gasteiger partial charge in [-0.1, -0.05) is 37.3 Å². The van der Waals surface area contributed by atoms with Crippen LogP contribution in [0.2, 0.25) is 0 Å². The lowest BCUT2D eigenvalue weighted by molar-refractivity contribution is 0.0787. The van der Waals surface area contributed by atoms with Crippen LogP contribution >= 0.6 is 0 Å². The second kappa shape index (κ2) is 9.05. The lowest BCUT2D eigenvalue weighted by atomic mass is 9.94. The van der Waals surface area contributed by atoms with Crippen LogP contribution in [0.1, 0.15) is 53.2 Å². The zero-order chi connectivity index (χ0) is 21.0. The molecule has 1 fully saturated rings. The molecule has 1 aromatic carbocycles. The molecule has 1 amide bonds. The van der Waals surface area contributed by atoms with Crippen molar-refractivity contribution in [1.82, 2.24) is 14.2 Å². The van der Waals surface area contributed by atoms with Crippen LogP contribution in [0.4, 0.5) is 0 Å². The molecular formula is C22H29N3O3S. The minimum Gasteiger partial charge on any atom is -0.341 e. The van der Waals surface area contributed by atoms with Gasteiger partial charge in [-0.3, -0.25) is 9.78 Å². The Morgan fingerprint density at radius 3 is 2.38 bits per heavy atom. The standard InChI is InChI=1S/C22H29N3O3S/c1-17(18-7-5-4-6-8-18)16-24(2)22(26)20-9-10-21(23-15-20)19-11-13-25(14-12-19)29(3,27)28/h4-10,15,17,19H,11-14,16H2,1-3H3/t17-/m1/s1. The van der Waals surface area contributed by atoms with Gasteiger partial charge in [0, 0.05) is 44.5 Å². The predicted octanol–water partition coefficient (Wildman–Crippen LogP) is 3.10. The Morgan fingerprint density at radius 2 is 1.83 bits per heavy atom. The van der Waals surface area contributed by atoms with Gasteiger partial charge in [0.1, 0.15) is 0 Å². The summed E-state index contributed by atoms with van der Waals surface area (Å²) in [6.45, 7) is 3.79. The topological polar surface area (TPSA) is 70.6 Å². The molecule has 1 saturated heterocycles. The summed E-state index contributed by atoms with van der Waals surface area (Å²) in [5.41, 5.74) is 2.71. The summed E-state index contributed by atoms with van der Waals surface area (Å²) in [6, 6.07) is 13.9. The van der Waals surface area contributed by atoms with Crippen LogP contribution < -0.4 is 0 Å². The van der Waals surface area contributed by atoms with Crippen molar-refractivity contribution in [1.29, 1.82) is 0 Å². The summed E-state index contributed by atoms with van der Waals surface area (Å²) >= 11 is 0. The van der Waals surface area contributed by atoms with E-state index in [1.165, 1.54) is 16.1 Å². The Hall–Kier alpha value is -2.25. The number of nitrogens with zero attached hydrogens (tertiary/aromatic N) is 3. The minimum atomic E-state index is -3.13. The van der Waals surface area contributed by atoms with Gasteiger partial charge < -0.3 is 4.90 Å². The first-order valence-electron chi connectivity index (χ1n) is 9.97. The maximum absolute atomic E-state index is 12.8. The SMILES string of the molecule is C[C@H](CN(C)C(=O)c1ccc(C2CCN(S(C)(=O)=O)CC2)nc1)c1ccccc1. The number of pyridine rings is 1. The number of sulfonamides is 1. The molecule has 3 rings (SSSR count). The van der Waals surface area contributed by atoms with Crippen molar-refractivity contribution in [3.05, 3.63) is 65.5 Å². The van der Waals surface area contributed by atoms with Crippen molar-refractivity contribution in [2.24, 2.45) is 0 Å². The van der Waals surface area contributed by atoms with Gasteiger partial charge >= 0.3 is 0 Å². The molecule has 1 aliphatic rings. The van der Waals surface area contributed by atoms with Crippen LogP contribution in [-0.4, -0.2) is 61.5 Å². The Kier molecular flexibility index (Phi) is 6.70. The van der Waals surface area contributed by atoms with Crippen molar-refractivity contribution in [2.45, 2.75) is 31.6 Å². The van der Waals surface area contributed by atoms with Crippen LogP contribution in [0.3, 0.4) is 0 Å². The Labute approximate surface area is 173 Å². The van der Waals surface area contributed by atoms with Crippen molar-refractivity contribution < 1.29 is 13.2 Å². The molecule has 1 atom stereocenters. The number of likely N-dealkylation sites (N-methyl/N-ethyl adjacent to an activating group) is 1. The number of hydrogen-bond donors (Lipinski definition) is 0. The average molecular weight is 416 g/mol. The zero-order valence-corrected chi connectivity index (χ0v) is 18.1. The summed E-state index contributed by atoms with van der Waals surface area (Å²) in [5.74, 6) is 0.434. The number of benzene rings is 1. The maximum atomic E-state index is 12.8. The average Bonchev–Trinajstić information content (AvgIpc) is 2.73. The first kappa shape index (κ1) is 21.5. The van der Waals surface area contributed by atoms with Gasteiger partial charge in [-0.2, -0.15) is 0 Å². The lowest BCUT2D eigenvalue weighted by Gasteiger charge is -2.30. The predicted molar refractivity (Wildman–Crippen MR) is 114 cm³/mol. The van der Waals surface area contributed by atoms with E-state index < -0.39 is 10.0 Å². The van der Waals surface area contributed by atoms with Crippen molar-refractivity contribution in [3.63, 3.8) is 0 Å². The second-order valence-electron chi connectivity index (χ2n) is 7.91. The number of amides is 1. The third-order valence-electron chi connectivity index (χ3n) is 5.64. The van der Waals surface area contributed by atoms with E-state index in [9.17, 15) is 13.2 Å². The number of carbonyl (C=O) groups excluding carboxylic acids is 1. The molecule has 0 aliphatic carbocycles. The summed E-state index contributed by atoms with van der Waals surface area (Å²) in [7, 11) is -1.31. The summed E-state index contributed by atoms with van der Waals surface area (Å²) in [5, 5.41) is 0. The molecule has 6 nitrogen and oxygen atoms in total. The van der Waals surface area contributed by atoms with E-state index in [0.29, 0.717) is 25.2 Å². The molecule has 1 aromatic heterocycles. The van der Waals surface area contributed by atoms with Gasteiger partial charge in [-0.05, 0) is 36.5 Å². The van der Waals surface area contributed by atoms with E-state index in [-0.39, 0.29) is 17.7 Å². The number of rotatable bonds is 6. The first-order valence-corrected chi connectivity index (χ1v) is 11.8. The van der Waals surface area contributed by atoms with E-state index in [0.717, 1.165) is 18.5 Å². The third kappa shape index (κ3) is 5.42. The molecule has 7 heteroatoms. The van der Waals surface area contributed by atoms with Crippen molar-refractivity contribution in [3.8, 4) is 0 Å². The fourth-order valence-corrected chi connectivity index (χ4v) is 4.73. The molecular weight excluding hydrogens is 386 g/mol. The fourth-order valence-electron chi connectivity index (χ4n) is 3.86. The second-order valence-corrected chi connectivity index (χ2v) is 9.89. The van der Waals surface area contributed by atoms with Gasteiger partial charge in [-0.25, -0.2) is 12.7 Å². The zero-order valence-electron chi connectivity index (χ0n) is 17.3. The van der Waals surface area contributed by atoms with E-state index in [1.807, 2.05) is 37.4 Å². The van der Waals surface area contributed by atoms with E-state index in [2.05, 4.69) is 24.0 Å². The molecule has 0 saturated carbocycles. The van der Waals surface area contributed by atoms with Gasteiger partial charge in [0.25, 0.3) is 5.91 Å². The first-order chi connectivity index (χ1) is 13.8. The molecule has 2 aromatic rings. The molecule has 1 aliphatic heterocycles. The molecule has 0 bridgehead atoms. The van der Waals surface area contributed by atoms with Gasteiger partial charge in [-0.15, -0.1) is 0 Å². The Morgan fingerprint density at radius 1 is 1.17 bits per heavy atom.